The number of aromatic nitrogens is 3. The Balaban J connectivity index is 2.52. The lowest BCUT2D eigenvalue weighted by molar-refractivity contribution is -0.153. The Kier molecular flexibility index (Phi) is 4.95. The van der Waals surface area contributed by atoms with Crippen molar-refractivity contribution in [1.29, 1.82) is 0 Å². The quantitative estimate of drug-likeness (QED) is 0.823. The van der Waals surface area contributed by atoms with Crippen molar-refractivity contribution in [1.82, 2.24) is 14.6 Å². The van der Waals surface area contributed by atoms with Gasteiger partial charge in [-0.2, -0.15) is 5.10 Å². The summed E-state index contributed by atoms with van der Waals surface area (Å²) in [6, 6.07) is 1.50. The Morgan fingerprint density at radius 3 is 2.52 bits per heavy atom. The van der Waals surface area contributed by atoms with Crippen LogP contribution >= 0.6 is 0 Å². The van der Waals surface area contributed by atoms with Crippen LogP contribution in [0.15, 0.2) is 6.07 Å². The lowest BCUT2D eigenvalue weighted by Crippen LogP contribution is -2.19. The number of carbonyl (C=O) groups excluding carboxylic acids is 2. The fourth-order valence-corrected chi connectivity index (χ4v) is 2.35. The van der Waals surface area contributed by atoms with E-state index in [1.54, 1.807) is 27.7 Å². The zero-order chi connectivity index (χ0) is 17.1. The van der Waals surface area contributed by atoms with Crippen molar-refractivity contribution in [3.63, 3.8) is 0 Å². The highest BCUT2D eigenvalue weighted by atomic mass is 16.5. The minimum Gasteiger partial charge on any atom is -0.464 e. The number of rotatable bonds is 5. The molecule has 2 aromatic rings. The smallest absolute Gasteiger partial charge is 0.358 e. The fourth-order valence-electron chi connectivity index (χ4n) is 2.35. The third-order valence-electron chi connectivity index (χ3n) is 3.34. The van der Waals surface area contributed by atoms with Crippen molar-refractivity contribution in [3.05, 3.63) is 28.7 Å². The lowest BCUT2D eigenvalue weighted by atomic mass is 10.1. The SMILES string of the molecule is CCOC(=O)c1cc2nc(C)c([C@H](O)C(=O)OCC)c(C)n2n1. The number of aliphatic hydroxyl groups is 1. The van der Waals surface area contributed by atoms with Crippen molar-refractivity contribution < 1.29 is 24.2 Å². The predicted octanol–water partition coefficient (Wildman–Crippen LogP) is 1.12. The fraction of sp³-hybridized carbons (Fsp3) is 0.467. The molecule has 124 valence electrons. The lowest BCUT2D eigenvalue weighted by Gasteiger charge is -2.15. The maximum Gasteiger partial charge on any atom is 0.358 e. The molecule has 2 heterocycles. The molecule has 0 aliphatic rings. The van der Waals surface area contributed by atoms with E-state index in [-0.39, 0.29) is 18.9 Å². The molecule has 1 N–H and O–H groups in total. The second kappa shape index (κ2) is 6.74. The number of hydrogen-bond acceptors (Lipinski definition) is 7. The van der Waals surface area contributed by atoms with Crippen LogP contribution in [-0.4, -0.2) is 44.9 Å². The van der Waals surface area contributed by atoms with E-state index in [1.807, 2.05) is 0 Å². The Hall–Kier alpha value is -2.48. The van der Waals surface area contributed by atoms with Gasteiger partial charge in [0.15, 0.2) is 17.4 Å². The highest BCUT2D eigenvalue weighted by molar-refractivity contribution is 5.88. The largest absolute Gasteiger partial charge is 0.464 e. The summed E-state index contributed by atoms with van der Waals surface area (Å²) in [4.78, 5) is 27.8. The Morgan fingerprint density at radius 1 is 1.26 bits per heavy atom. The maximum absolute atomic E-state index is 11.8. The van der Waals surface area contributed by atoms with E-state index >= 15 is 0 Å². The van der Waals surface area contributed by atoms with Crippen LogP contribution in [0.3, 0.4) is 0 Å². The molecule has 0 fully saturated rings. The number of esters is 2. The molecule has 0 saturated heterocycles. The predicted molar refractivity (Wildman–Crippen MR) is 80.0 cm³/mol. The van der Waals surface area contributed by atoms with Crippen LogP contribution < -0.4 is 0 Å². The van der Waals surface area contributed by atoms with Crippen molar-refractivity contribution in [2.75, 3.05) is 13.2 Å². The van der Waals surface area contributed by atoms with Gasteiger partial charge in [0, 0.05) is 23.0 Å². The summed E-state index contributed by atoms with van der Waals surface area (Å²) in [5.74, 6) is -1.31. The van der Waals surface area contributed by atoms with Gasteiger partial charge in [0.05, 0.1) is 13.2 Å². The molecule has 1 atom stereocenters. The van der Waals surface area contributed by atoms with Gasteiger partial charge in [-0.1, -0.05) is 0 Å². The van der Waals surface area contributed by atoms with Gasteiger partial charge in [-0.05, 0) is 27.7 Å². The van der Waals surface area contributed by atoms with E-state index in [0.29, 0.717) is 22.6 Å². The van der Waals surface area contributed by atoms with Crippen LogP contribution in [0.2, 0.25) is 0 Å². The first kappa shape index (κ1) is 16.9. The van der Waals surface area contributed by atoms with Crippen molar-refractivity contribution in [2.24, 2.45) is 0 Å². The Labute approximate surface area is 133 Å². The number of nitrogens with zero attached hydrogens (tertiary/aromatic N) is 3. The Morgan fingerprint density at radius 2 is 1.91 bits per heavy atom. The molecule has 0 aliphatic heterocycles. The van der Waals surface area contributed by atoms with Crippen LogP contribution in [0.25, 0.3) is 5.65 Å². The van der Waals surface area contributed by atoms with E-state index < -0.39 is 18.0 Å². The second-order valence-electron chi connectivity index (χ2n) is 4.87. The first-order valence-electron chi connectivity index (χ1n) is 7.29. The van der Waals surface area contributed by atoms with Crippen molar-refractivity contribution in [2.45, 2.75) is 33.8 Å². The molecular weight excluding hydrogens is 302 g/mol. The van der Waals surface area contributed by atoms with Crippen LogP contribution in [-0.2, 0) is 14.3 Å². The summed E-state index contributed by atoms with van der Waals surface area (Å²) in [5, 5.41) is 14.3. The van der Waals surface area contributed by atoms with Gasteiger partial charge in [0.2, 0.25) is 0 Å². The molecule has 0 radical (unpaired) electrons. The number of hydrogen-bond donors (Lipinski definition) is 1. The average Bonchev–Trinajstić information content (AvgIpc) is 2.91. The monoisotopic (exact) mass is 321 g/mol. The second-order valence-corrected chi connectivity index (χ2v) is 4.87. The molecule has 8 heteroatoms. The minimum absolute atomic E-state index is 0.115. The first-order valence-corrected chi connectivity index (χ1v) is 7.29. The molecule has 0 saturated carbocycles. The summed E-state index contributed by atoms with van der Waals surface area (Å²) < 4.78 is 11.1. The molecular formula is C15H19N3O5. The molecule has 2 aromatic heterocycles. The summed E-state index contributed by atoms with van der Waals surface area (Å²) in [6.07, 6.45) is -1.46. The number of aliphatic hydroxyl groups excluding tert-OH is 1. The molecule has 0 unspecified atom stereocenters. The van der Waals surface area contributed by atoms with Crippen LogP contribution in [0, 0.1) is 13.8 Å². The van der Waals surface area contributed by atoms with Gasteiger partial charge < -0.3 is 14.6 Å². The van der Waals surface area contributed by atoms with E-state index in [0.717, 1.165) is 0 Å². The number of aryl methyl sites for hydroxylation is 2. The van der Waals surface area contributed by atoms with E-state index in [1.165, 1.54) is 10.6 Å². The summed E-state index contributed by atoms with van der Waals surface area (Å²) >= 11 is 0. The molecule has 0 aliphatic carbocycles. The normalized spacial score (nSPS) is 12.2. The molecule has 0 spiro atoms. The molecule has 0 bridgehead atoms. The molecule has 0 amide bonds. The highest BCUT2D eigenvalue weighted by Crippen LogP contribution is 2.23. The number of carbonyl (C=O) groups is 2. The van der Waals surface area contributed by atoms with Crippen LogP contribution in [0.4, 0.5) is 0 Å². The number of fused-ring (bicyclic) bond motifs is 1. The molecule has 8 nitrogen and oxygen atoms in total. The topological polar surface area (TPSA) is 103 Å². The van der Waals surface area contributed by atoms with Crippen LogP contribution in [0.1, 0.15) is 47.4 Å². The summed E-state index contributed by atoms with van der Waals surface area (Å²) in [6.45, 7) is 7.12. The van der Waals surface area contributed by atoms with Crippen LogP contribution in [0.5, 0.6) is 0 Å². The zero-order valence-electron chi connectivity index (χ0n) is 13.5. The van der Waals surface area contributed by atoms with Gasteiger partial charge in [-0.3, -0.25) is 0 Å². The van der Waals surface area contributed by atoms with E-state index in [9.17, 15) is 14.7 Å². The third kappa shape index (κ3) is 3.16. The Bertz CT molecular complexity index is 753. The van der Waals surface area contributed by atoms with Gasteiger partial charge in [-0.15, -0.1) is 0 Å². The van der Waals surface area contributed by atoms with Gasteiger partial charge in [0.25, 0.3) is 0 Å². The van der Waals surface area contributed by atoms with E-state index in [4.69, 9.17) is 9.47 Å². The minimum atomic E-state index is -1.46. The zero-order valence-corrected chi connectivity index (χ0v) is 13.5. The molecule has 23 heavy (non-hydrogen) atoms. The molecule has 2 rings (SSSR count). The van der Waals surface area contributed by atoms with Gasteiger partial charge in [-0.25, -0.2) is 19.1 Å². The van der Waals surface area contributed by atoms with E-state index in [2.05, 4.69) is 10.1 Å². The average molecular weight is 321 g/mol. The standard InChI is InChI=1S/C15H19N3O5/c1-5-22-14(20)10-7-11-16-8(3)12(9(4)18(11)17-10)13(19)15(21)23-6-2/h7,13,19H,5-6H2,1-4H3/t13-/m0/s1. The van der Waals surface area contributed by atoms with Crippen molar-refractivity contribution >= 4 is 17.6 Å². The van der Waals surface area contributed by atoms with Gasteiger partial charge in [0.1, 0.15) is 0 Å². The number of ether oxygens (including phenoxy) is 2. The maximum atomic E-state index is 11.8. The van der Waals surface area contributed by atoms with Crippen molar-refractivity contribution in [3.8, 4) is 0 Å². The summed E-state index contributed by atoms with van der Waals surface area (Å²) in [5.41, 5.74) is 1.83. The highest BCUT2D eigenvalue weighted by Gasteiger charge is 2.26. The molecule has 0 aromatic carbocycles. The summed E-state index contributed by atoms with van der Waals surface area (Å²) in [7, 11) is 0. The third-order valence-corrected chi connectivity index (χ3v) is 3.34. The van der Waals surface area contributed by atoms with Gasteiger partial charge >= 0.3 is 11.9 Å². The first-order chi connectivity index (χ1) is 10.9.